The molecule has 0 spiro atoms. The van der Waals surface area contributed by atoms with Gasteiger partial charge in [0.2, 0.25) is 5.91 Å². The first-order chi connectivity index (χ1) is 11.0. The van der Waals surface area contributed by atoms with Crippen LogP contribution in [0.25, 0.3) is 0 Å². The maximum Gasteiger partial charge on any atom is 0.225 e. The number of ether oxygens (including phenoxy) is 1. The molecule has 1 aliphatic heterocycles. The van der Waals surface area contributed by atoms with Crippen LogP contribution in [0.1, 0.15) is 17.5 Å². The molecule has 2 aromatic rings. The molecule has 0 atom stereocenters. The standard InChI is InChI=1S/C16H18ClN3O2S/c1-10(21)19(2)16-18-13-6-7-20(9-15(13)23-16)11-4-5-12(17)14(8-11)22-3/h4-5,8H,6-7,9H2,1-3H3. The number of rotatable bonds is 3. The van der Waals surface area contributed by atoms with Crippen molar-refractivity contribution in [2.75, 3.05) is 30.5 Å². The zero-order chi connectivity index (χ0) is 16.6. The number of methoxy groups -OCH3 is 1. The van der Waals surface area contributed by atoms with Gasteiger partial charge in [0.1, 0.15) is 5.75 Å². The van der Waals surface area contributed by atoms with Gasteiger partial charge in [0, 0.05) is 43.6 Å². The number of fused-ring (bicyclic) bond motifs is 1. The molecule has 23 heavy (non-hydrogen) atoms. The molecule has 0 saturated carbocycles. The third-order valence-corrected chi connectivity index (χ3v) is 5.45. The molecule has 0 bridgehead atoms. The monoisotopic (exact) mass is 351 g/mol. The van der Waals surface area contributed by atoms with Gasteiger partial charge < -0.3 is 9.64 Å². The van der Waals surface area contributed by atoms with Gasteiger partial charge in [-0.2, -0.15) is 0 Å². The Morgan fingerprint density at radius 1 is 1.48 bits per heavy atom. The van der Waals surface area contributed by atoms with Crippen molar-refractivity contribution >= 4 is 39.7 Å². The second-order valence-corrected chi connectivity index (χ2v) is 6.90. The number of hydrogen-bond acceptors (Lipinski definition) is 5. The van der Waals surface area contributed by atoms with E-state index in [1.165, 1.54) is 4.88 Å². The topological polar surface area (TPSA) is 45.7 Å². The van der Waals surface area contributed by atoms with Gasteiger partial charge in [0.25, 0.3) is 0 Å². The van der Waals surface area contributed by atoms with E-state index >= 15 is 0 Å². The molecule has 1 amide bonds. The molecule has 1 aliphatic rings. The van der Waals surface area contributed by atoms with Crippen molar-refractivity contribution in [3.8, 4) is 5.75 Å². The van der Waals surface area contributed by atoms with E-state index in [-0.39, 0.29) is 5.91 Å². The number of carbonyl (C=O) groups is 1. The van der Waals surface area contributed by atoms with Crippen LogP contribution in [0.3, 0.4) is 0 Å². The molecule has 0 radical (unpaired) electrons. The summed E-state index contributed by atoms with van der Waals surface area (Å²) in [7, 11) is 3.38. The van der Waals surface area contributed by atoms with Gasteiger partial charge in [-0.05, 0) is 12.1 Å². The van der Waals surface area contributed by atoms with Gasteiger partial charge in [0.05, 0.1) is 24.4 Å². The molecule has 0 fully saturated rings. The Bertz CT molecular complexity index is 747. The molecule has 2 heterocycles. The fraction of sp³-hybridized carbons (Fsp3) is 0.375. The molecule has 5 nitrogen and oxygen atoms in total. The van der Waals surface area contributed by atoms with Crippen LogP contribution in [0.2, 0.25) is 5.02 Å². The number of amides is 1. The Labute approximate surface area is 144 Å². The first-order valence-electron chi connectivity index (χ1n) is 7.31. The van der Waals surface area contributed by atoms with Crippen molar-refractivity contribution in [3.05, 3.63) is 33.8 Å². The van der Waals surface area contributed by atoms with Crippen molar-refractivity contribution in [2.45, 2.75) is 19.9 Å². The molecule has 7 heteroatoms. The van der Waals surface area contributed by atoms with E-state index in [1.807, 2.05) is 18.2 Å². The van der Waals surface area contributed by atoms with E-state index in [1.54, 1.807) is 37.3 Å². The van der Waals surface area contributed by atoms with Crippen molar-refractivity contribution in [2.24, 2.45) is 0 Å². The molecule has 1 aromatic heterocycles. The normalized spacial score (nSPS) is 13.7. The number of benzene rings is 1. The minimum atomic E-state index is -0.00427. The summed E-state index contributed by atoms with van der Waals surface area (Å²) in [6, 6.07) is 5.81. The molecule has 3 rings (SSSR count). The molecule has 0 unspecified atom stereocenters. The summed E-state index contributed by atoms with van der Waals surface area (Å²) in [6.07, 6.45) is 0.864. The van der Waals surface area contributed by atoms with E-state index in [0.29, 0.717) is 10.8 Å². The summed E-state index contributed by atoms with van der Waals surface area (Å²) in [4.78, 5) is 21.2. The van der Waals surface area contributed by atoms with E-state index in [0.717, 1.165) is 36.0 Å². The lowest BCUT2D eigenvalue weighted by molar-refractivity contribution is -0.116. The van der Waals surface area contributed by atoms with Gasteiger partial charge in [-0.3, -0.25) is 9.69 Å². The minimum absolute atomic E-state index is 0.00427. The SMILES string of the molecule is COc1cc(N2CCc3nc(N(C)C(C)=O)sc3C2)ccc1Cl. The fourth-order valence-corrected chi connectivity index (χ4v) is 3.85. The summed E-state index contributed by atoms with van der Waals surface area (Å²) in [6.45, 7) is 3.21. The van der Waals surface area contributed by atoms with Crippen LogP contribution in [0, 0.1) is 0 Å². The largest absolute Gasteiger partial charge is 0.495 e. The number of hydrogen-bond donors (Lipinski definition) is 0. The highest BCUT2D eigenvalue weighted by Gasteiger charge is 2.23. The third-order valence-electron chi connectivity index (χ3n) is 3.98. The number of nitrogens with zero attached hydrogens (tertiary/aromatic N) is 3. The highest BCUT2D eigenvalue weighted by molar-refractivity contribution is 7.16. The van der Waals surface area contributed by atoms with Crippen molar-refractivity contribution in [1.29, 1.82) is 0 Å². The maximum atomic E-state index is 11.5. The molecule has 1 aromatic carbocycles. The number of carbonyl (C=O) groups excluding carboxylic acids is 1. The van der Waals surface area contributed by atoms with Crippen LogP contribution in [0.5, 0.6) is 5.75 Å². The molecule has 0 N–H and O–H groups in total. The van der Waals surface area contributed by atoms with Crippen LogP contribution in [-0.4, -0.2) is 31.6 Å². The predicted molar refractivity (Wildman–Crippen MR) is 94.0 cm³/mol. The Morgan fingerprint density at radius 3 is 2.96 bits per heavy atom. The number of anilines is 2. The molecule has 0 aliphatic carbocycles. The van der Waals surface area contributed by atoms with Crippen LogP contribution in [0.15, 0.2) is 18.2 Å². The highest BCUT2D eigenvalue weighted by atomic mass is 35.5. The summed E-state index contributed by atoms with van der Waals surface area (Å²) < 4.78 is 5.30. The van der Waals surface area contributed by atoms with Gasteiger partial charge in [-0.25, -0.2) is 4.98 Å². The summed E-state index contributed by atoms with van der Waals surface area (Å²) in [5, 5.41) is 1.37. The Morgan fingerprint density at radius 2 is 2.26 bits per heavy atom. The van der Waals surface area contributed by atoms with Crippen LogP contribution in [0.4, 0.5) is 10.8 Å². The van der Waals surface area contributed by atoms with Crippen molar-refractivity contribution in [3.63, 3.8) is 0 Å². The molecule has 0 saturated heterocycles. The zero-order valence-electron chi connectivity index (χ0n) is 13.3. The number of aromatic nitrogens is 1. The van der Waals surface area contributed by atoms with Crippen LogP contribution < -0.4 is 14.5 Å². The van der Waals surface area contributed by atoms with E-state index in [4.69, 9.17) is 16.3 Å². The lowest BCUT2D eigenvalue weighted by atomic mass is 10.1. The lowest BCUT2D eigenvalue weighted by Gasteiger charge is -2.28. The fourth-order valence-electron chi connectivity index (χ4n) is 2.53. The van der Waals surface area contributed by atoms with Crippen molar-refractivity contribution < 1.29 is 9.53 Å². The Hall–Kier alpha value is -1.79. The lowest BCUT2D eigenvalue weighted by Crippen LogP contribution is -2.29. The van der Waals surface area contributed by atoms with Gasteiger partial charge >= 0.3 is 0 Å². The zero-order valence-corrected chi connectivity index (χ0v) is 14.9. The average molecular weight is 352 g/mol. The minimum Gasteiger partial charge on any atom is -0.495 e. The molecular formula is C16H18ClN3O2S. The van der Waals surface area contributed by atoms with E-state index < -0.39 is 0 Å². The molecule has 122 valence electrons. The number of thiazole rings is 1. The van der Waals surface area contributed by atoms with Crippen LogP contribution >= 0.6 is 22.9 Å². The van der Waals surface area contributed by atoms with Crippen molar-refractivity contribution in [1.82, 2.24) is 4.98 Å². The summed E-state index contributed by atoms with van der Waals surface area (Å²) in [5.41, 5.74) is 2.17. The summed E-state index contributed by atoms with van der Waals surface area (Å²) in [5.74, 6) is 0.673. The third kappa shape index (κ3) is 3.14. The Balaban J connectivity index is 1.84. The maximum absolute atomic E-state index is 11.5. The first kappa shape index (κ1) is 16.1. The smallest absolute Gasteiger partial charge is 0.225 e. The summed E-state index contributed by atoms with van der Waals surface area (Å²) >= 11 is 7.67. The van der Waals surface area contributed by atoms with Crippen LogP contribution in [-0.2, 0) is 17.8 Å². The quantitative estimate of drug-likeness (QED) is 0.850. The average Bonchev–Trinajstić information content (AvgIpc) is 2.97. The first-order valence-corrected chi connectivity index (χ1v) is 8.50. The van der Waals surface area contributed by atoms with Gasteiger partial charge in [0.15, 0.2) is 5.13 Å². The Kier molecular flexibility index (Phi) is 4.46. The van der Waals surface area contributed by atoms with E-state index in [2.05, 4.69) is 9.88 Å². The molecular weight excluding hydrogens is 334 g/mol. The predicted octanol–water partition coefficient (Wildman–Crippen LogP) is 3.35. The second kappa shape index (κ2) is 6.37. The van der Waals surface area contributed by atoms with Gasteiger partial charge in [-0.15, -0.1) is 0 Å². The highest BCUT2D eigenvalue weighted by Crippen LogP contribution is 2.35. The second-order valence-electron chi connectivity index (χ2n) is 5.43. The van der Waals surface area contributed by atoms with Gasteiger partial charge in [-0.1, -0.05) is 22.9 Å². The number of halogens is 1. The van der Waals surface area contributed by atoms with E-state index in [9.17, 15) is 4.79 Å².